The lowest BCUT2D eigenvalue weighted by Gasteiger charge is -2.28. The summed E-state index contributed by atoms with van der Waals surface area (Å²) in [4.78, 5) is 6.24. The molecule has 0 bridgehead atoms. The molecule has 1 aliphatic rings. The number of nitrogens with two attached hydrogens (primary N) is 1. The predicted molar refractivity (Wildman–Crippen MR) is 66.8 cm³/mol. The van der Waals surface area contributed by atoms with E-state index < -0.39 is 10.8 Å². The van der Waals surface area contributed by atoms with Crippen LogP contribution in [0.1, 0.15) is 5.69 Å². The van der Waals surface area contributed by atoms with E-state index in [9.17, 15) is 4.21 Å². The highest BCUT2D eigenvalue weighted by atomic mass is 32.2. The van der Waals surface area contributed by atoms with Crippen LogP contribution in [0.2, 0.25) is 0 Å². The quantitative estimate of drug-likeness (QED) is 0.328. The number of amidine groups is 1. The molecular formula is C10H14N4O2S. The topological polar surface area (TPSA) is 91.8 Å². The molecule has 3 N–H and O–H groups in total. The molecule has 0 aliphatic carbocycles. The highest BCUT2D eigenvalue weighted by molar-refractivity contribution is 7.85. The summed E-state index contributed by atoms with van der Waals surface area (Å²) in [5, 5.41) is 11.4. The Morgan fingerprint density at radius 2 is 2.18 bits per heavy atom. The molecule has 7 heteroatoms. The van der Waals surface area contributed by atoms with Crippen molar-refractivity contribution in [3.63, 3.8) is 0 Å². The number of anilines is 1. The van der Waals surface area contributed by atoms with E-state index in [4.69, 9.17) is 10.9 Å². The van der Waals surface area contributed by atoms with E-state index >= 15 is 0 Å². The van der Waals surface area contributed by atoms with Gasteiger partial charge in [0.15, 0.2) is 5.84 Å². The average molecular weight is 254 g/mol. The molecule has 0 atom stereocenters. The Kier molecular flexibility index (Phi) is 3.58. The molecule has 2 rings (SSSR count). The normalized spacial score (nSPS) is 18.4. The van der Waals surface area contributed by atoms with Crippen LogP contribution < -0.4 is 10.6 Å². The Hall–Kier alpha value is -1.63. The first-order valence-corrected chi connectivity index (χ1v) is 6.73. The van der Waals surface area contributed by atoms with E-state index in [2.05, 4.69) is 15.0 Å². The van der Waals surface area contributed by atoms with Crippen molar-refractivity contribution in [3.8, 4) is 0 Å². The lowest BCUT2D eigenvalue weighted by molar-refractivity contribution is 0.318. The van der Waals surface area contributed by atoms with Gasteiger partial charge in [0.1, 0.15) is 5.69 Å². The van der Waals surface area contributed by atoms with Gasteiger partial charge in [0, 0.05) is 35.4 Å². The Labute approximate surface area is 102 Å². The molecule has 0 saturated carbocycles. The van der Waals surface area contributed by atoms with Gasteiger partial charge in [-0.1, -0.05) is 5.16 Å². The van der Waals surface area contributed by atoms with Crippen molar-refractivity contribution in [1.82, 2.24) is 4.98 Å². The predicted octanol–water partition coefficient (Wildman–Crippen LogP) is -0.255. The van der Waals surface area contributed by atoms with Crippen molar-refractivity contribution in [1.29, 1.82) is 0 Å². The minimum absolute atomic E-state index is 0.00343. The third-order valence-electron chi connectivity index (χ3n) is 2.66. The number of rotatable bonds is 2. The van der Waals surface area contributed by atoms with Gasteiger partial charge in [0.25, 0.3) is 0 Å². The molecule has 0 aromatic carbocycles. The minimum Gasteiger partial charge on any atom is -0.409 e. The molecule has 0 unspecified atom stereocenters. The van der Waals surface area contributed by atoms with E-state index in [1.807, 2.05) is 6.07 Å². The number of hydrogen-bond donors (Lipinski definition) is 2. The molecular weight excluding hydrogens is 240 g/mol. The van der Waals surface area contributed by atoms with Gasteiger partial charge in [-0.25, -0.2) is 0 Å². The molecule has 92 valence electrons. The number of aromatic nitrogens is 1. The lowest BCUT2D eigenvalue weighted by atomic mass is 10.3. The first-order valence-electron chi connectivity index (χ1n) is 5.24. The van der Waals surface area contributed by atoms with Gasteiger partial charge in [-0.2, -0.15) is 0 Å². The third-order valence-corrected chi connectivity index (χ3v) is 3.94. The molecule has 6 nitrogen and oxygen atoms in total. The van der Waals surface area contributed by atoms with Gasteiger partial charge in [-0.3, -0.25) is 9.19 Å². The van der Waals surface area contributed by atoms with Gasteiger partial charge in [-0.15, -0.1) is 0 Å². The van der Waals surface area contributed by atoms with Gasteiger partial charge in [0.2, 0.25) is 0 Å². The molecule has 1 saturated heterocycles. The fourth-order valence-corrected chi connectivity index (χ4v) is 2.72. The van der Waals surface area contributed by atoms with Crippen LogP contribution in [0.5, 0.6) is 0 Å². The summed E-state index contributed by atoms with van der Waals surface area (Å²) in [5.41, 5.74) is 6.83. The summed E-state index contributed by atoms with van der Waals surface area (Å²) in [7, 11) is -0.682. The molecule has 0 amide bonds. The molecule has 2 heterocycles. The Balaban J connectivity index is 2.10. The van der Waals surface area contributed by atoms with E-state index in [1.54, 1.807) is 12.3 Å². The summed E-state index contributed by atoms with van der Waals surface area (Å²) in [5.74, 6) is 1.39. The third kappa shape index (κ3) is 2.73. The second-order valence-electron chi connectivity index (χ2n) is 3.72. The summed E-state index contributed by atoms with van der Waals surface area (Å²) in [6, 6.07) is 3.57. The molecule has 1 aromatic rings. The maximum atomic E-state index is 11.2. The first-order chi connectivity index (χ1) is 8.20. The molecule has 1 aromatic heterocycles. The highest BCUT2D eigenvalue weighted by Crippen LogP contribution is 2.15. The average Bonchev–Trinajstić information content (AvgIpc) is 2.39. The molecule has 0 radical (unpaired) electrons. The van der Waals surface area contributed by atoms with Crippen LogP contribution in [-0.4, -0.2) is 44.8 Å². The van der Waals surface area contributed by atoms with Crippen LogP contribution in [0.4, 0.5) is 5.69 Å². The zero-order valence-corrected chi connectivity index (χ0v) is 10.1. The van der Waals surface area contributed by atoms with Crippen molar-refractivity contribution in [2.45, 2.75) is 0 Å². The molecule has 0 spiro atoms. The van der Waals surface area contributed by atoms with Crippen LogP contribution in [0, 0.1) is 0 Å². The number of pyridine rings is 1. The second-order valence-corrected chi connectivity index (χ2v) is 5.42. The van der Waals surface area contributed by atoms with Crippen molar-refractivity contribution in [3.05, 3.63) is 24.0 Å². The van der Waals surface area contributed by atoms with Crippen LogP contribution in [-0.2, 0) is 10.8 Å². The number of hydrogen-bond acceptors (Lipinski definition) is 5. The smallest absolute Gasteiger partial charge is 0.188 e. The largest absolute Gasteiger partial charge is 0.409 e. The van der Waals surface area contributed by atoms with Crippen molar-refractivity contribution in [2.24, 2.45) is 10.9 Å². The van der Waals surface area contributed by atoms with Crippen LogP contribution in [0.3, 0.4) is 0 Å². The Morgan fingerprint density at radius 3 is 2.71 bits per heavy atom. The van der Waals surface area contributed by atoms with Gasteiger partial charge >= 0.3 is 0 Å². The number of nitrogens with zero attached hydrogens (tertiary/aromatic N) is 3. The van der Waals surface area contributed by atoms with Gasteiger partial charge in [-0.05, 0) is 12.1 Å². The second kappa shape index (κ2) is 5.13. The lowest BCUT2D eigenvalue weighted by Crippen LogP contribution is -2.37. The van der Waals surface area contributed by atoms with Crippen LogP contribution in [0.15, 0.2) is 23.5 Å². The fraction of sp³-hybridized carbons (Fsp3) is 0.400. The molecule has 1 fully saturated rings. The number of oxime groups is 1. The molecule has 17 heavy (non-hydrogen) atoms. The molecule has 1 aliphatic heterocycles. The summed E-state index contributed by atoms with van der Waals surface area (Å²) < 4.78 is 11.2. The fourth-order valence-electron chi connectivity index (χ4n) is 1.67. The monoisotopic (exact) mass is 254 g/mol. The first kappa shape index (κ1) is 11.8. The standard InChI is InChI=1S/C10H14N4O2S/c11-10(13-15)9-2-1-8(7-12-9)14-3-5-17(16)6-4-14/h1-2,7,15H,3-6H2,(H2,11,13). The van der Waals surface area contributed by atoms with E-state index in [1.165, 1.54) is 0 Å². The maximum Gasteiger partial charge on any atom is 0.188 e. The van der Waals surface area contributed by atoms with Gasteiger partial charge < -0.3 is 15.8 Å². The van der Waals surface area contributed by atoms with E-state index in [0.717, 1.165) is 18.8 Å². The van der Waals surface area contributed by atoms with Gasteiger partial charge in [0.05, 0.1) is 11.9 Å². The van der Waals surface area contributed by atoms with Crippen molar-refractivity contribution in [2.75, 3.05) is 29.5 Å². The van der Waals surface area contributed by atoms with E-state index in [0.29, 0.717) is 17.2 Å². The van der Waals surface area contributed by atoms with Crippen LogP contribution >= 0.6 is 0 Å². The van der Waals surface area contributed by atoms with Crippen molar-refractivity contribution >= 4 is 22.3 Å². The highest BCUT2D eigenvalue weighted by Gasteiger charge is 2.15. The van der Waals surface area contributed by atoms with Crippen molar-refractivity contribution < 1.29 is 9.42 Å². The summed E-state index contributed by atoms with van der Waals surface area (Å²) in [6.45, 7) is 1.55. The van der Waals surface area contributed by atoms with Crippen LogP contribution in [0.25, 0.3) is 0 Å². The Morgan fingerprint density at radius 1 is 1.47 bits per heavy atom. The SMILES string of the molecule is N/C(=N/O)c1ccc(N2CCS(=O)CC2)cn1. The zero-order valence-electron chi connectivity index (χ0n) is 9.24. The Bertz CT molecular complexity index is 436. The summed E-state index contributed by atoms with van der Waals surface area (Å²) in [6.07, 6.45) is 1.68. The maximum absolute atomic E-state index is 11.2. The zero-order chi connectivity index (χ0) is 12.3. The summed E-state index contributed by atoms with van der Waals surface area (Å²) >= 11 is 0. The van der Waals surface area contributed by atoms with E-state index in [-0.39, 0.29) is 5.84 Å². The minimum atomic E-state index is -0.682.